The Balaban J connectivity index is 1.49. The Hall–Kier alpha value is -1.96. The Morgan fingerprint density at radius 3 is 2.58 bits per heavy atom. The van der Waals surface area contributed by atoms with Gasteiger partial charge >= 0.3 is 12.3 Å². The number of amides is 1. The molecule has 144 valence electrons. The number of nitrogens with zero attached hydrogens (tertiary/aromatic N) is 2. The molecule has 3 rings (SSSR count). The molecule has 2 atom stereocenters. The molecule has 0 aromatic heterocycles. The van der Waals surface area contributed by atoms with Crippen LogP contribution < -0.4 is 4.74 Å². The summed E-state index contributed by atoms with van der Waals surface area (Å²) in [6.45, 7) is 1.98. The van der Waals surface area contributed by atoms with E-state index in [1.807, 2.05) is 29.2 Å². The van der Waals surface area contributed by atoms with Crippen LogP contribution in [0.2, 0.25) is 0 Å². The number of ether oxygens (including phenoxy) is 2. The predicted octanol–water partition coefficient (Wildman–Crippen LogP) is 3.09. The van der Waals surface area contributed by atoms with Gasteiger partial charge in [-0.3, -0.25) is 9.80 Å². The maximum Gasteiger partial charge on any atom is 0.410 e. The summed E-state index contributed by atoms with van der Waals surface area (Å²) in [6, 6.07) is 7.58. The first-order valence-electron chi connectivity index (χ1n) is 8.75. The van der Waals surface area contributed by atoms with Crippen molar-refractivity contribution in [2.24, 2.45) is 0 Å². The normalized spacial score (nSPS) is 23.2. The minimum absolute atomic E-state index is 0.0722. The van der Waals surface area contributed by atoms with Crippen LogP contribution in [0.5, 0.6) is 5.75 Å². The second kappa shape index (κ2) is 7.73. The molecule has 8 heteroatoms. The molecule has 0 radical (unpaired) electrons. The quantitative estimate of drug-likeness (QED) is 0.738. The monoisotopic (exact) mass is 372 g/mol. The maximum absolute atomic E-state index is 12.3. The van der Waals surface area contributed by atoms with Crippen molar-refractivity contribution >= 4 is 6.09 Å². The number of likely N-dealkylation sites (tertiary alicyclic amines) is 1. The number of methoxy groups -OCH3 is 1. The summed E-state index contributed by atoms with van der Waals surface area (Å²) in [7, 11) is 1.61. The molecule has 26 heavy (non-hydrogen) atoms. The Morgan fingerprint density at radius 1 is 1.19 bits per heavy atom. The Kier molecular flexibility index (Phi) is 5.60. The van der Waals surface area contributed by atoms with Crippen LogP contribution in [0.4, 0.5) is 18.0 Å². The highest BCUT2D eigenvalue weighted by atomic mass is 19.4. The lowest BCUT2D eigenvalue weighted by Gasteiger charge is -2.22. The van der Waals surface area contributed by atoms with Gasteiger partial charge in [-0.2, -0.15) is 13.2 Å². The van der Waals surface area contributed by atoms with Crippen molar-refractivity contribution in [1.82, 2.24) is 9.80 Å². The van der Waals surface area contributed by atoms with E-state index in [-0.39, 0.29) is 24.7 Å². The van der Waals surface area contributed by atoms with Crippen LogP contribution in [-0.2, 0) is 11.2 Å². The lowest BCUT2D eigenvalue weighted by molar-refractivity contribution is -0.136. The maximum atomic E-state index is 12.3. The fourth-order valence-electron chi connectivity index (χ4n) is 3.57. The lowest BCUT2D eigenvalue weighted by Crippen LogP contribution is -2.39. The van der Waals surface area contributed by atoms with E-state index < -0.39 is 12.6 Å². The minimum Gasteiger partial charge on any atom is -0.497 e. The van der Waals surface area contributed by atoms with Crippen LogP contribution in [0.1, 0.15) is 18.4 Å². The van der Waals surface area contributed by atoms with Gasteiger partial charge in [-0.15, -0.1) is 0 Å². The fraction of sp³-hybridized carbons (Fsp3) is 0.611. The second-order valence-corrected chi connectivity index (χ2v) is 6.76. The van der Waals surface area contributed by atoms with Crippen molar-refractivity contribution in [3.8, 4) is 5.75 Å². The van der Waals surface area contributed by atoms with Crippen LogP contribution in [0.15, 0.2) is 24.3 Å². The van der Waals surface area contributed by atoms with E-state index in [0.29, 0.717) is 32.6 Å². The zero-order chi connectivity index (χ0) is 18.7. The number of benzene rings is 1. The SMILES string of the molecule is COc1ccc(CCN2C(=O)O[C@@H]3CN(CCCC(F)(F)F)C[C@@H]32)cc1. The van der Waals surface area contributed by atoms with E-state index in [0.717, 1.165) is 11.3 Å². The third kappa shape index (κ3) is 4.60. The number of halogens is 3. The molecule has 0 spiro atoms. The van der Waals surface area contributed by atoms with E-state index in [1.165, 1.54) is 0 Å². The van der Waals surface area contributed by atoms with Gasteiger partial charge in [-0.1, -0.05) is 12.1 Å². The van der Waals surface area contributed by atoms with Gasteiger partial charge in [-0.05, 0) is 37.1 Å². The van der Waals surface area contributed by atoms with Gasteiger partial charge in [0.25, 0.3) is 0 Å². The number of hydrogen-bond donors (Lipinski definition) is 0. The van der Waals surface area contributed by atoms with E-state index >= 15 is 0 Å². The number of rotatable bonds is 7. The smallest absolute Gasteiger partial charge is 0.410 e. The predicted molar refractivity (Wildman–Crippen MR) is 89.2 cm³/mol. The number of hydrogen-bond acceptors (Lipinski definition) is 4. The average Bonchev–Trinajstić information content (AvgIpc) is 3.09. The molecule has 2 aliphatic rings. The van der Waals surface area contributed by atoms with Crippen molar-refractivity contribution in [2.75, 3.05) is 33.3 Å². The van der Waals surface area contributed by atoms with Crippen molar-refractivity contribution < 1.29 is 27.4 Å². The summed E-state index contributed by atoms with van der Waals surface area (Å²) >= 11 is 0. The second-order valence-electron chi connectivity index (χ2n) is 6.76. The standard InChI is InChI=1S/C18H23F3N2O3/c1-25-14-5-3-13(4-6-14)7-10-23-15-11-22(9-2-8-18(19,20)21)12-16(15)26-17(23)24/h3-6,15-16H,2,7-12H2,1H3/t15-,16+/m0/s1. The highest BCUT2D eigenvalue weighted by Gasteiger charge is 2.47. The molecule has 1 amide bonds. The largest absolute Gasteiger partial charge is 0.497 e. The molecule has 2 heterocycles. The molecule has 5 nitrogen and oxygen atoms in total. The molecule has 1 aromatic carbocycles. The molecule has 0 N–H and O–H groups in total. The molecule has 0 bridgehead atoms. The topological polar surface area (TPSA) is 42.0 Å². The fourth-order valence-corrected chi connectivity index (χ4v) is 3.57. The van der Waals surface area contributed by atoms with Crippen LogP contribution in [0.3, 0.4) is 0 Å². The lowest BCUT2D eigenvalue weighted by atomic mass is 10.1. The van der Waals surface area contributed by atoms with E-state index in [1.54, 1.807) is 12.0 Å². The van der Waals surface area contributed by atoms with Crippen LogP contribution in [0, 0.1) is 0 Å². The van der Waals surface area contributed by atoms with E-state index in [4.69, 9.17) is 9.47 Å². The molecule has 2 aliphatic heterocycles. The van der Waals surface area contributed by atoms with Gasteiger partial charge in [0.2, 0.25) is 0 Å². The third-order valence-electron chi connectivity index (χ3n) is 4.93. The molecule has 0 aliphatic carbocycles. The zero-order valence-electron chi connectivity index (χ0n) is 14.7. The highest BCUT2D eigenvalue weighted by molar-refractivity contribution is 5.71. The van der Waals surface area contributed by atoms with Crippen LogP contribution in [-0.4, -0.2) is 67.5 Å². The summed E-state index contributed by atoms with van der Waals surface area (Å²) in [6.07, 6.45) is -4.71. The molecule has 0 unspecified atom stereocenters. The van der Waals surface area contributed by atoms with Gasteiger partial charge in [0.1, 0.15) is 11.9 Å². The first kappa shape index (κ1) is 18.8. The third-order valence-corrected chi connectivity index (χ3v) is 4.93. The number of carbonyl (C=O) groups is 1. The van der Waals surface area contributed by atoms with Gasteiger partial charge in [-0.25, -0.2) is 4.79 Å². The van der Waals surface area contributed by atoms with Crippen LogP contribution >= 0.6 is 0 Å². The molecular formula is C18H23F3N2O3. The van der Waals surface area contributed by atoms with Crippen molar-refractivity contribution in [1.29, 1.82) is 0 Å². The number of alkyl halides is 3. The Morgan fingerprint density at radius 2 is 1.92 bits per heavy atom. The first-order valence-corrected chi connectivity index (χ1v) is 8.75. The highest BCUT2D eigenvalue weighted by Crippen LogP contribution is 2.28. The molecule has 1 aromatic rings. The summed E-state index contributed by atoms with van der Waals surface area (Å²) in [4.78, 5) is 15.7. The molecular weight excluding hydrogens is 349 g/mol. The summed E-state index contributed by atoms with van der Waals surface area (Å²) in [5.74, 6) is 0.777. The number of carbonyl (C=O) groups excluding carboxylic acids is 1. The Labute approximate surface area is 150 Å². The average molecular weight is 372 g/mol. The van der Waals surface area contributed by atoms with Crippen molar-refractivity contribution in [3.05, 3.63) is 29.8 Å². The molecule has 2 fully saturated rings. The van der Waals surface area contributed by atoms with E-state index in [2.05, 4.69) is 0 Å². The molecule has 0 saturated carbocycles. The van der Waals surface area contributed by atoms with Crippen molar-refractivity contribution in [3.63, 3.8) is 0 Å². The van der Waals surface area contributed by atoms with Crippen LogP contribution in [0.25, 0.3) is 0 Å². The van der Waals surface area contributed by atoms with Gasteiger partial charge in [0, 0.05) is 26.1 Å². The summed E-state index contributed by atoms with van der Waals surface area (Å²) in [5.41, 5.74) is 1.09. The Bertz CT molecular complexity index is 621. The first-order chi connectivity index (χ1) is 12.4. The van der Waals surface area contributed by atoms with E-state index in [9.17, 15) is 18.0 Å². The van der Waals surface area contributed by atoms with Gasteiger partial charge in [0.15, 0.2) is 0 Å². The van der Waals surface area contributed by atoms with Gasteiger partial charge in [0.05, 0.1) is 13.2 Å². The van der Waals surface area contributed by atoms with Gasteiger partial charge < -0.3 is 9.47 Å². The molecule has 2 saturated heterocycles. The summed E-state index contributed by atoms with van der Waals surface area (Å²) in [5, 5.41) is 0. The summed E-state index contributed by atoms with van der Waals surface area (Å²) < 4.78 is 47.4. The van der Waals surface area contributed by atoms with Crippen molar-refractivity contribution in [2.45, 2.75) is 37.6 Å². The minimum atomic E-state index is -4.12. The number of fused-ring (bicyclic) bond motifs is 1. The zero-order valence-corrected chi connectivity index (χ0v) is 14.7.